The van der Waals surface area contributed by atoms with Gasteiger partial charge in [-0.05, 0) is 41.1 Å². The lowest BCUT2D eigenvalue weighted by atomic mass is 9.89. The van der Waals surface area contributed by atoms with E-state index in [0.717, 1.165) is 6.42 Å². The second-order valence-electron chi connectivity index (χ2n) is 4.70. The Hall–Kier alpha value is -2.02. The molecule has 1 heteroatoms. The van der Waals surface area contributed by atoms with Gasteiger partial charge in [0, 0.05) is 17.6 Å². The van der Waals surface area contributed by atoms with Gasteiger partial charge in [0.05, 0.1) is 0 Å². The maximum Gasteiger partial charge on any atom is 0.0454 e. The van der Waals surface area contributed by atoms with Crippen molar-refractivity contribution in [3.63, 3.8) is 0 Å². The second kappa shape index (κ2) is 4.69. The fraction of sp³-hybridized carbons (Fsp3) is 0.176. The summed E-state index contributed by atoms with van der Waals surface area (Å²) in [5.41, 5.74) is 4.01. The maximum atomic E-state index is 3.24. The van der Waals surface area contributed by atoms with Gasteiger partial charge in [0.25, 0.3) is 0 Å². The number of aromatic amines is 1. The van der Waals surface area contributed by atoms with E-state index in [1.54, 1.807) is 0 Å². The van der Waals surface area contributed by atoms with E-state index in [9.17, 15) is 0 Å². The van der Waals surface area contributed by atoms with Crippen molar-refractivity contribution in [2.24, 2.45) is 0 Å². The average Bonchev–Trinajstić information content (AvgIpc) is 2.88. The van der Waals surface area contributed by atoms with E-state index in [0.29, 0.717) is 5.92 Å². The van der Waals surface area contributed by atoms with Crippen molar-refractivity contribution < 1.29 is 0 Å². The largest absolute Gasteiger partial charge is 0.361 e. The summed E-state index contributed by atoms with van der Waals surface area (Å²) in [6.45, 7) is 2.25. The summed E-state index contributed by atoms with van der Waals surface area (Å²) in [5, 5.41) is 1.29. The first-order valence-electron chi connectivity index (χ1n) is 6.50. The third-order valence-electron chi connectivity index (χ3n) is 3.59. The molecular weight excluding hydrogens is 218 g/mol. The lowest BCUT2D eigenvalue weighted by Crippen LogP contribution is -1.99. The van der Waals surface area contributed by atoms with Crippen LogP contribution in [0.15, 0.2) is 60.8 Å². The highest BCUT2D eigenvalue weighted by Crippen LogP contribution is 2.29. The normalized spacial score (nSPS) is 12.7. The molecule has 1 nitrogen and oxygen atoms in total. The molecule has 0 bridgehead atoms. The molecule has 0 aliphatic rings. The van der Waals surface area contributed by atoms with Crippen LogP contribution in [0.4, 0.5) is 0 Å². The van der Waals surface area contributed by atoms with E-state index in [2.05, 4.69) is 66.5 Å². The SMILES string of the molecule is CCC(c1ccccc1)c1ccc2[nH]ccc2c1. The Morgan fingerprint density at radius 3 is 2.56 bits per heavy atom. The highest BCUT2D eigenvalue weighted by atomic mass is 14.7. The maximum absolute atomic E-state index is 3.24. The van der Waals surface area contributed by atoms with Gasteiger partial charge in [-0.2, -0.15) is 0 Å². The summed E-state index contributed by atoms with van der Waals surface area (Å²) in [5.74, 6) is 0.491. The van der Waals surface area contributed by atoms with E-state index >= 15 is 0 Å². The first-order valence-corrected chi connectivity index (χ1v) is 6.50. The molecule has 0 radical (unpaired) electrons. The molecule has 1 unspecified atom stereocenters. The number of H-pyrrole nitrogens is 1. The van der Waals surface area contributed by atoms with Crippen LogP contribution in [0.2, 0.25) is 0 Å². The zero-order chi connectivity index (χ0) is 12.4. The number of fused-ring (bicyclic) bond motifs is 1. The summed E-state index contributed by atoms with van der Waals surface area (Å²) >= 11 is 0. The Kier molecular flexibility index (Phi) is 2.89. The van der Waals surface area contributed by atoms with E-state index in [4.69, 9.17) is 0 Å². The topological polar surface area (TPSA) is 15.8 Å². The number of hydrogen-bond acceptors (Lipinski definition) is 0. The molecule has 1 heterocycles. The van der Waals surface area contributed by atoms with Crippen molar-refractivity contribution in [2.45, 2.75) is 19.3 Å². The highest BCUT2D eigenvalue weighted by Gasteiger charge is 2.12. The lowest BCUT2D eigenvalue weighted by molar-refractivity contribution is 0.778. The van der Waals surface area contributed by atoms with E-state index in [1.807, 2.05) is 6.20 Å². The molecule has 3 aromatic rings. The molecule has 1 aromatic heterocycles. The van der Waals surface area contributed by atoms with Crippen LogP contribution < -0.4 is 0 Å². The predicted octanol–water partition coefficient (Wildman–Crippen LogP) is 4.71. The van der Waals surface area contributed by atoms with Gasteiger partial charge in [0.15, 0.2) is 0 Å². The van der Waals surface area contributed by atoms with Crippen molar-refractivity contribution in [3.8, 4) is 0 Å². The first-order chi connectivity index (χ1) is 8.88. The monoisotopic (exact) mass is 235 g/mol. The predicted molar refractivity (Wildman–Crippen MR) is 76.9 cm³/mol. The summed E-state index contributed by atoms with van der Waals surface area (Å²) < 4.78 is 0. The van der Waals surface area contributed by atoms with Crippen molar-refractivity contribution in [2.75, 3.05) is 0 Å². The summed E-state index contributed by atoms with van der Waals surface area (Å²) in [4.78, 5) is 3.24. The van der Waals surface area contributed by atoms with Gasteiger partial charge in [-0.1, -0.05) is 43.3 Å². The summed E-state index contributed by atoms with van der Waals surface area (Å²) in [6, 6.07) is 19.6. The Labute approximate surface area is 107 Å². The fourth-order valence-corrected chi connectivity index (χ4v) is 2.64. The lowest BCUT2D eigenvalue weighted by Gasteiger charge is -2.16. The van der Waals surface area contributed by atoms with E-state index < -0.39 is 0 Å². The third kappa shape index (κ3) is 1.92. The minimum Gasteiger partial charge on any atom is -0.361 e. The van der Waals surface area contributed by atoms with Crippen LogP contribution in [-0.2, 0) is 0 Å². The van der Waals surface area contributed by atoms with Gasteiger partial charge < -0.3 is 4.98 Å². The summed E-state index contributed by atoms with van der Waals surface area (Å²) in [6.07, 6.45) is 3.12. The van der Waals surface area contributed by atoms with Crippen LogP contribution in [0, 0.1) is 0 Å². The number of aromatic nitrogens is 1. The zero-order valence-corrected chi connectivity index (χ0v) is 10.6. The quantitative estimate of drug-likeness (QED) is 0.676. The molecule has 0 spiro atoms. The molecule has 3 rings (SSSR count). The molecule has 2 aromatic carbocycles. The molecule has 0 aliphatic carbocycles. The molecule has 18 heavy (non-hydrogen) atoms. The molecule has 0 aliphatic heterocycles. The van der Waals surface area contributed by atoms with E-state index in [-0.39, 0.29) is 0 Å². The molecule has 0 saturated heterocycles. The number of benzene rings is 2. The van der Waals surface area contributed by atoms with Crippen LogP contribution in [0.1, 0.15) is 30.4 Å². The van der Waals surface area contributed by atoms with Crippen molar-refractivity contribution in [1.29, 1.82) is 0 Å². The highest BCUT2D eigenvalue weighted by molar-refractivity contribution is 5.80. The minimum absolute atomic E-state index is 0.491. The Bertz CT molecular complexity index is 637. The molecule has 0 fully saturated rings. The van der Waals surface area contributed by atoms with Crippen molar-refractivity contribution in [1.82, 2.24) is 4.98 Å². The van der Waals surface area contributed by atoms with Crippen LogP contribution in [0.5, 0.6) is 0 Å². The van der Waals surface area contributed by atoms with E-state index in [1.165, 1.54) is 22.0 Å². The van der Waals surface area contributed by atoms with Gasteiger partial charge in [0.2, 0.25) is 0 Å². The first kappa shape index (κ1) is 11.1. The van der Waals surface area contributed by atoms with Gasteiger partial charge in [-0.15, -0.1) is 0 Å². The molecular formula is C17H17N. The van der Waals surface area contributed by atoms with Crippen LogP contribution in [-0.4, -0.2) is 4.98 Å². The molecule has 1 N–H and O–H groups in total. The second-order valence-corrected chi connectivity index (χ2v) is 4.70. The Morgan fingerprint density at radius 2 is 1.78 bits per heavy atom. The van der Waals surface area contributed by atoms with Crippen LogP contribution >= 0.6 is 0 Å². The standard InChI is InChI=1S/C17H17N/c1-2-16(13-6-4-3-5-7-13)14-8-9-17-15(12-14)10-11-18-17/h3-12,16,18H,2H2,1H3. The zero-order valence-electron chi connectivity index (χ0n) is 10.6. The Balaban J connectivity index is 2.05. The number of hydrogen-bond donors (Lipinski definition) is 1. The molecule has 1 atom stereocenters. The van der Waals surface area contributed by atoms with Crippen molar-refractivity contribution >= 4 is 10.9 Å². The van der Waals surface area contributed by atoms with Crippen LogP contribution in [0.25, 0.3) is 10.9 Å². The third-order valence-corrected chi connectivity index (χ3v) is 3.59. The Morgan fingerprint density at radius 1 is 0.944 bits per heavy atom. The van der Waals surface area contributed by atoms with Crippen LogP contribution in [0.3, 0.4) is 0 Å². The van der Waals surface area contributed by atoms with Gasteiger partial charge >= 0.3 is 0 Å². The number of rotatable bonds is 3. The van der Waals surface area contributed by atoms with Gasteiger partial charge in [-0.3, -0.25) is 0 Å². The smallest absolute Gasteiger partial charge is 0.0454 e. The van der Waals surface area contributed by atoms with Crippen molar-refractivity contribution in [3.05, 3.63) is 71.9 Å². The molecule has 0 saturated carbocycles. The number of nitrogens with one attached hydrogen (secondary N) is 1. The van der Waals surface area contributed by atoms with Gasteiger partial charge in [0.1, 0.15) is 0 Å². The fourth-order valence-electron chi connectivity index (χ4n) is 2.64. The molecule has 0 amide bonds. The molecule has 90 valence electrons. The summed E-state index contributed by atoms with van der Waals surface area (Å²) in [7, 11) is 0. The average molecular weight is 235 g/mol. The van der Waals surface area contributed by atoms with Gasteiger partial charge in [-0.25, -0.2) is 0 Å². The minimum atomic E-state index is 0.491.